The molecule has 0 unspecified atom stereocenters. The number of hydrogen-bond donors (Lipinski definition) is 2. The zero-order chi connectivity index (χ0) is 20.1. The molecule has 28 heavy (non-hydrogen) atoms. The number of primary sulfonamides is 1. The number of hydrogen-bond acceptors (Lipinski definition) is 6. The summed E-state index contributed by atoms with van der Waals surface area (Å²) in [6.07, 6.45) is 1.60. The van der Waals surface area contributed by atoms with Crippen LogP contribution in [0.25, 0.3) is 5.69 Å². The fourth-order valence-corrected chi connectivity index (χ4v) is 3.79. The van der Waals surface area contributed by atoms with Crippen molar-refractivity contribution in [3.05, 3.63) is 66.5 Å². The second kappa shape index (κ2) is 8.55. The summed E-state index contributed by atoms with van der Waals surface area (Å²) < 4.78 is 24.4. The fraction of sp³-hybridized carbons (Fsp3) is 0.167. The van der Waals surface area contributed by atoms with Crippen LogP contribution in [0.4, 0.5) is 0 Å². The molecule has 3 N–H and O–H groups in total. The Hall–Kier alpha value is -2.69. The van der Waals surface area contributed by atoms with E-state index < -0.39 is 10.0 Å². The van der Waals surface area contributed by atoms with Crippen molar-refractivity contribution in [2.45, 2.75) is 23.0 Å². The number of benzene rings is 2. The maximum atomic E-state index is 12.3. The van der Waals surface area contributed by atoms with Crippen LogP contribution in [0.3, 0.4) is 0 Å². The first kappa shape index (κ1) is 20.1. The molecule has 0 radical (unpaired) electrons. The monoisotopic (exact) mass is 417 g/mol. The van der Waals surface area contributed by atoms with Gasteiger partial charge in [0.05, 0.1) is 16.7 Å². The molecule has 2 aromatic carbocycles. The molecule has 146 valence electrons. The molecule has 3 rings (SSSR count). The molecule has 10 heteroatoms. The molecule has 0 aliphatic carbocycles. The van der Waals surface area contributed by atoms with E-state index in [1.165, 1.54) is 23.9 Å². The lowest BCUT2D eigenvalue weighted by atomic mass is 10.1. The number of sulfonamides is 1. The van der Waals surface area contributed by atoms with Crippen LogP contribution in [0.5, 0.6) is 0 Å². The minimum absolute atomic E-state index is 0.0329. The van der Waals surface area contributed by atoms with Gasteiger partial charge in [0.2, 0.25) is 15.9 Å². The van der Waals surface area contributed by atoms with Gasteiger partial charge in [0.1, 0.15) is 6.33 Å². The van der Waals surface area contributed by atoms with Gasteiger partial charge in [0.15, 0.2) is 5.16 Å². The van der Waals surface area contributed by atoms with Crippen molar-refractivity contribution in [2.24, 2.45) is 5.14 Å². The van der Waals surface area contributed by atoms with E-state index in [0.717, 1.165) is 11.3 Å². The van der Waals surface area contributed by atoms with Crippen LogP contribution in [-0.2, 0) is 14.8 Å². The maximum Gasteiger partial charge on any atom is 0.238 e. The highest BCUT2D eigenvalue weighted by Gasteiger charge is 2.14. The molecule has 3 aromatic rings. The quantitative estimate of drug-likeness (QED) is 0.567. The molecule has 0 fully saturated rings. The van der Waals surface area contributed by atoms with Crippen LogP contribution in [0, 0.1) is 0 Å². The smallest absolute Gasteiger partial charge is 0.238 e. The number of carbonyl (C=O) groups excluding carboxylic acids is 1. The van der Waals surface area contributed by atoms with Crippen LogP contribution in [0.1, 0.15) is 18.5 Å². The number of nitrogens with zero attached hydrogens (tertiary/aromatic N) is 3. The van der Waals surface area contributed by atoms with Crippen molar-refractivity contribution in [1.82, 2.24) is 20.1 Å². The third kappa shape index (κ3) is 4.97. The van der Waals surface area contributed by atoms with Gasteiger partial charge in [0.25, 0.3) is 0 Å². The Balaban J connectivity index is 1.59. The largest absolute Gasteiger partial charge is 0.349 e. The summed E-state index contributed by atoms with van der Waals surface area (Å²) >= 11 is 1.28. The van der Waals surface area contributed by atoms with Gasteiger partial charge < -0.3 is 5.32 Å². The van der Waals surface area contributed by atoms with Crippen LogP contribution in [0.2, 0.25) is 0 Å². The second-order valence-corrected chi connectivity index (χ2v) is 8.51. The summed E-state index contributed by atoms with van der Waals surface area (Å²) in [7, 11) is -3.73. The standard InChI is InChI=1S/C18H19N5O3S2/c1-13(14-7-9-16(10-8-14)28(19,25)26)21-17(24)11-27-18-22-20-12-23(18)15-5-3-2-4-6-15/h2-10,12-13H,11H2,1H3,(H,21,24)(H2,19,25,26)/t13-/m1/s1. The lowest BCUT2D eigenvalue weighted by Gasteiger charge is -2.14. The number of aromatic nitrogens is 3. The van der Waals surface area contributed by atoms with E-state index in [1.54, 1.807) is 18.5 Å². The molecule has 1 aromatic heterocycles. The van der Waals surface area contributed by atoms with E-state index >= 15 is 0 Å². The summed E-state index contributed by atoms with van der Waals surface area (Å²) in [5, 5.41) is 16.6. The van der Waals surface area contributed by atoms with Crippen molar-refractivity contribution in [1.29, 1.82) is 0 Å². The number of nitrogens with one attached hydrogen (secondary N) is 1. The van der Waals surface area contributed by atoms with Crippen molar-refractivity contribution in [3.8, 4) is 5.69 Å². The molecule has 0 bridgehead atoms. The van der Waals surface area contributed by atoms with E-state index in [-0.39, 0.29) is 22.6 Å². The van der Waals surface area contributed by atoms with Crippen molar-refractivity contribution >= 4 is 27.7 Å². The van der Waals surface area contributed by atoms with E-state index in [1.807, 2.05) is 41.8 Å². The van der Waals surface area contributed by atoms with E-state index in [4.69, 9.17) is 5.14 Å². The maximum absolute atomic E-state index is 12.3. The Labute approximate surface area is 167 Å². The summed E-state index contributed by atoms with van der Waals surface area (Å²) in [6, 6.07) is 15.4. The van der Waals surface area contributed by atoms with E-state index in [9.17, 15) is 13.2 Å². The zero-order valence-electron chi connectivity index (χ0n) is 15.0. The van der Waals surface area contributed by atoms with Crippen LogP contribution < -0.4 is 10.5 Å². The molecule has 1 amide bonds. The van der Waals surface area contributed by atoms with Crippen LogP contribution in [-0.4, -0.2) is 34.8 Å². The lowest BCUT2D eigenvalue weighted by Crippen LogP contribution is -2.28. The van der Waals surface area contributed by atoms with Gasteiger partial charge in [-0.15, -0.1) is 10.2 Å². The average Bonchev–Trinajstić information content (AvgIpc) is 3.15. The van der Waals surface area contributed by atoms with Gasteiger partial charge in [-0.3, -0.25) is 9.36 Å². The minimum atomic E-state index is -3.73. The Kier molecular flexibility index (Phi) is 6.12. The zero-order valence-corrected chi connectivity index (χ0v) is 16.7. The molecule has 1 atom stereocenters. The molecule has 0 saturated heterocycles. The van der Waals surface area contributed by atoms with Gasteiger partial charge in [-0.1, -0.05) is 42.1 Å². The highest BCUT2D eigenvalue weighted by Crippen LogP contribution is 2.20. The number of nitrogens with two attached hydrogens (primary N) is 1. The van der Waals surface area contributed by atoms with Crippen LogP contribution >= 0.6 is 11.8 Å². The molecular formula is C18H19N5O3S2. The predicted octanol–water partition coefficient (Wildman–Crippen LogP) is 1.88. The average molecular weight is 418 g/mol. The summed E-state index contributed by atoms with van der Waals surface area (Å²) in [5.41, 5.74) is 1.69. The Morgan fingerprint density at radius 3 is 2.50 bits per heavy atom. The highest BCUT2D eigenvalue weighted by atomic mass is 32.2. The number of thioether (sulfide) groups is 1. The Morgan fingerprint density at radius 1 is 1.18 bits per heavy atom. The third-order valence-corrected chi connectivity index (χ3v) is 5.84. The topological polar surface area (TPSA) is 120 Å². The molecule has 8 nitrogen and oxygen atoms in total. The number of rotatable bonds is 7. The Morgan fingerprint density at radius 2 is 1.86 bits per heavy atom. The SMILES string of the molecule is C[C@@H](NC(=O)CSc1nncn1-c1ccccc1)c1ccc(S(N)(=O)=O)cc1. The fourth-order valence-electron chi connectivity index (χ4n) is 2.53. The number of amides is 1. The van der Waals surface area contributed by atoms with E-state index in [0.29, 0.717) is 5.16 Å². The number of para-hydroxylation sites is 1. The van der Waals surface area contributed by atoms with Gasteiger partial charge in [-0.05, 0) is 36.8 Å². The third-order valence-electron chi connectivity index (χ3n) is 3.97. The molecular weight excluding hydrogens is 398 g/mol. The summed E-state index contributed by atoms with van der Waals surface area (Å²) in [5.74, 6) is 0.00105. The van der Waals surface area contributed by atoms with Crippen LogP contribution in [0.15, 0.2) is 71.0 Å². The second-order valence-electron chi connectivity index (χ2n) is 6.01. The molecule has 0 saturated carbocycles. The lowest BCUT2D eigenvalue weighted by molar-refractivity contribution is -0.119. The molecule has 0 spiro atoms. The van der Waals surface area contributed by atoms with Gasteiger partial charge >= 0.3 is 0 Å². The first-order valence-corrected chi connectivity index (χ1v) is 10.9. The first-order chi connectivity index (χ1) is 13.3. The summed E-state index contributed by atoms with van der Waals surface area (Å²) in [6.45, 7) is 1.82. The number of carbonyl (C=O) groups is 1. The first-order valence-electron chi connectivity index (χ1n) is 8.35. The van der Waals surface area contributed by atoms with Crippen molar-refractivity contribution in [2.75, 3.05) is 5.75 Å². The Bertz CT molecular complexity index is 1050. The highest BCUT2D eigenvalue weighted by molar-refractivity contribution is 7.99. The predicted molar refractivity (Wildman–Crippen MR) is 106 cm³/mol. The van der Waals surface area contributed by atoms with E-state index in [2.05, 4.69) is 15.5 Å². The van der Waals surface area contributed by atoms with Gasteiger partial charge in [-0.25, -0.2) is 13.6 Å². The molecule has 0 aliphatic heterocycles. The van der Waals surface area contributed by atoms with Crippen molar-refractivity contribution in [3.63, 3.8) is 0 Å². The van der Waals surface area contributed by atoms with Gasteiger partial charge in [-0.2, -0.15) is 0 Å². The van der Waals surface area contributed by atoms with Gasteiger partial charge in [0, 0.05) is 5.69 Å². The summed E-state index contributed by atoms with van der Waals surface area (Å²) in [4.78, 5) is 12.3. The van der Waals surface area contributed by atoms with Crippen molar-refractivity contribution < 1.29 is 13.2 Å². The minimum Gasteiger partial charge on any atom is -0.349 e. The molecule has 1 heterocycles. The molecule has 0 aliphatic rings. The normalized spacial score (nSPS) is 12.5.